The highest BCUT2D eigenvalue weighted by Gasteiger charge is 1.99. The number of hydrogen-bond acceptors (Lipinski definition) is 4. The summed E-state index contributed by atoms with van der Waals surface area (Å²) in [5.74, 6) is 1.69. The third-order valence-electron chi connectivity index (χ3n) is 2.53. The molecule has 3 rings (SSSR count). The van der Waals surface area contributed by atoms with Gasteiger partial charge in [-0.2, -0.15) is 5.10 Å². The molecule has 0 spiro atoms. The lowest BCUT2D eigenvalue weighted by Crippen LogP contribution is -2.01. The lowest BCUT2D eigenvalue weighted by atomic mass is 10.3. The highest BCUT2D eigenvalue weighted by Crippen LogP contribution is 2.10. The topological polar surface area (TPSA) is 55.9 Å². The molecular formula is C13H12N4O. The fourth-order valence-corrected chi connectivity index (χ4v) is 1.63. The van der Waals surface area contributed by atoms with Gasteiger partial charge < -0.3 is 9.73 Å². The largest absolute Gasteiger partial charge is 0.467 e. The second-order valence-electron chi connectivity index (χ2n) is 3.79. The van der Waals surface area contributed by atoms with Crippen molar-refractivity contribution < 1.29 is 4.42 Å². The van der Waals surface area contributed by atoms with Crippen LogP contribution in [0.15, 0.2) is 59.6 Å². The Morgan fingerprint density at radius 3 is 2.89 bits per heavy atom. The van der Waals surface area contributed by atoms with Gasteiger partial charge in [-0.05, 0) is 30.3 Å². The predicted molar refractivity (Wildman–Crippen MR) is 67.4 cm³/mol. The minimum Gasteiger partial charge on any atom is -0.467 e. The quantitative estimate of drug-likeness (QED) is 0.761. The maximum absolute atomic E-state index is 5.24. The van der Waals surface area contributed by atoms with Gasteiger partial charge in [0.2, 0.25) is 0 Å². The Kier molecular flexibility index (Phi) is 2.79. The van der Waals surface area contributed by atoms with Crippen molar-refractivity contribution in [2.45, 2.75) is 6.54 Å². The number of hydrogen-bond donors (Lipinski definition) is 1. The van der Waals surface area contributed by atoms with Gasteiger partial charge in [0.25, 0.3) is 0 Å². The molecule has 0 aliphatic carbocycles. The Labute approximate surface area is 104 Å². The van der Waals surface area contributed by atoms with E-state index in [0.29, 0.717) is 6.54 Å². The van der Waals surface area contributed by atoms with Gasteiger partial charge in [-0.15, -0.1) is 0 Å². The molecule has 5 heteroatoms. The molecule has 18 heavy (non-hydrogen) atoms. The standard InChI is InChI=1S/C13H12N4O/c1-3-12(18-8-1)10-14-11-4-5-13(15-9-11)17-7-2-6-16-17/h1-9,14H,10H2. The van der Waals surface area contributed by atoms with Crippen molar-refractivity contribution in [3.05, 3.63) is 60.9 Å². The first kappa shape index (κ1) is 10.6. The first-order chi connectivity index (χ1) is 8.92. The van der Waals surface area contributed by atoms with E-state index in [4.69, 9.17) is 4.42 Å². The second-order valence-corrected chi connectivity index (χ2v) is 3.79. The van der Waals surface area contributed by atoms with Crippen LogP contribution in [0, 0.1) is 0 Å². The molecule has 0 amide bonds. The van der Waals surface area contributed by atoms with Crippen molar-refractivity contribution in [1.29, 1.82) is 0 Å². The zero-order chi connectivity index (χ0) is 12.2. The molecule has 0 aliphatic heterocycles. The minimum absolute atomic E-state index is 0.649. The fraction of sp³-hybridized carbons (Fsp3) is 0.0769. The first-order valence-corrected chi connectivity index (χ1v) is 5.64. The van der Waals surface area contributed by atoms with Crippen molar-refractivity contribution in [2.75, 3.05) is 5.32 Å². The van der Waals surface area contributed by atoms with E-state index in [1.165, 1.54) is 0 Å². The predicted octanol–water partition coefficient (Wildman–Crippen LogP) is 2.47. The summed E-state index contributed by atoms with van der Waals surface area (Å²) in [6.07, 6.45) is 7.03. The number of pyridine rings is 1. The van der Waals surface area contributed by atoms with Crippen molar-refractivity contribution >= 4 is 5.69 Å². The summed E-state index contributed by atoms with van der Waals surface area (Å²) in [6.45, 7) is 0.649. The molecule has 0 fully saturated rings. The Morgan fingerprint density at radius 1 is 1.22 bits per heavy atom. The Bertz CT molecular complexity index is 584. The molecule has 0 radical (unpaired) electrons. The highest BCUT2D eigenvalue weighted by atomic mass is 16.3. The molecule has 5 nitrogen and oxygen atoms in total. The number of nitrogens with zero attached hydrogens (tertiary/aromatic N) is 3. The lowest BCUT2D eigenvalue weighted by Gasteiger charge is -2.05. The number of rotatable bonds is 4. The van der Waals surface area contributed by atoms with E-state index in [2.05, 4.69) is 15.4 Å². The zero-order valence-corrected chi connectivity index (χ0v) is 9.65. The molecule has 0 unspecified atom stereocenters. The molecular weight excluding hydrogens is 228 g/mol. The molecule has 0 aliphatic rings. The van der Waals surface area contributed by atoms with Gasteiger partial charge in [0.15, 0.2) is 5.82 Å². The molecule has 0 saturated heterocycles. The molecule has 3 aromatic rings. The van der Waals surface area contributed by atoms with E-state index in [0.717, 1.165) is 17.3 Å². The Morgan fingerprint density at radius 2 is 2.22 bits per heavy atom. The highest BCUT2D eigenvalue weighted by molar-refractivity contribution is 5.43. The summed E-state index contributed by atoms with van der Waals surface area (Å²) in [5.41, 5.74) is 0.947. The van der Waals surface area contributed by atoms with Crippen molar-refractivity contribution in [3.63, 3.8) is 0 Å². The van der Waals surface area contributed by atoms with Crippen LogP contribution in [-0.2, 0) is 6.54 Å². The van der Waals surface area contributed by atoms with Crippen LogP contribution >= 0.6 is 0 Å². The van der Waals surface area contributed by atoms with Gasteiger partial charge in [-0.1, -0.05) is 0 Å². The third-order valence-corrected chi connectivity index (χ3v) is 2.53. The summed E-state index contributed by atoms with van der Waals surface area (Å²) in [5, 5.41) is 7.36. The van der Waals surface area contributed by atoms with Gasteiger partial charge in [0, 0.05) is 12.4 Å². The van der Waals surface area contributed by atoms with E-state index in [1.807, 2.05) is 36.5 Å². The monoisotopic (exact) mass is 240 g/mol. The van der Waals surface area contributed by atoms with E-state index >= 15 is 0 Å². The Balaban J connectivity index is 1.68. The van der Waals surface area contributed by atoms with Gasteiger partial charge >= 0.3 is 0 Å². The average Bonchev–Trinajstić information content (AvgIpc) is 3.10. The summed E-state index contributed by atoms with van der Waals surface area (Å²) < 4.78 is 6.96. The molecule has 0 bridgehead atoms. The van der Waals surface area contributed by atoms with Crippen LogP contribution in [0.3, 0.4) is 0 Å². The molecule has 0 aromatic carbocycles. The average molecular weight is 240 g/mol. The lowest BCUT2D eigenvalue weighted by molar-refractivity contribution is 0.518. The van der Waals surface area contributed by atoms with Gasteiger partial charge in [-0.25, -0.2) is 9.67 Å². The first-order valence-electron chi connectivity index (χ1n) is 5.64. The zero-order valence-electron chi connectivity index (χ0n) is 9.65. The van der Waals surface area contributed by atoms with E-state index in [1.54, 1.807) is 23.3 Å². The van der Waals surface area contributed by atoms with E-state index < -0.39 is 0 Å². The fourth-order valence-electron chi connectivity index (χ4n) is 1.63. The smallest absolute Gasteiger partial charge is 0.153 e. The van der Waals surface area contributed by atoms with E-state index in [9.17, 15) is 0 Å². The molecule has 0 atom stereocenters. The van der Waals surface area contributed by atoms with Crippen LogP contribution in [-0.4, -0.2) is 14.8 Å². The van der Waals surface area contributed by atoms with Crippen LogP contribution in [0.2, 0.25) is 0 Å². The van der Waals surface area contributed by atoms with Crippen LogP contribution in [0.5, 0.6) is 0 Å². The maximum Gasteiger partial charge on any atom is 0.153 e. The normalized spacial score (nSPS) is 10.4. The number of aromatic nitrogens is 3. The third kappa shape index (κ3) is 2.24. The van der Waals surface area contributed by atoms with Crippen LogP contribution in [0.25, 0.3) is 5.82 Å². The molecule has 1 N–H and O–H groups in total. The van der Waals surface area contributed by atoms with Crippen LogP contribution in [0.1, 0.15) is 5.76 Å². The minimum atomic E-state index is 0.649. The van der Waals surface area contributed by atoms with Gasteiger partial charge in [-0.3, -0.25) is 0 Å². The summed E-state index contributed by atoms with van der Waals surface area (Å²) in [6, 6.07) is 9.55. The van der Waals surface area contributed by atoms with E-state index in [-0.39, 0.29) is 0 Å². The summed E-state index contributed by atoms with van der Waals surface area (Å²) >= 11 is 0. The van der Waals surface area contributed by atoms with Crippen LogP contribution < -0.4 is 5.32 Å². The van der Waals surface area contributed by atoms with Crippen molar-refractivity contribution in [3.8, 4) is 5.82 Å². The molecule has 3 aromatic heterocycles. The van der Waals surface area contributed by atoms with Crippen molar-refractivity contribution in [1.82, 2.24) is 14.8 Å². The molecule has 3 heterocycles. The van der Waals surface area contributed by atoms with Gasteiger partial charge in [0.05, 0.1) is 24.7 Å². The van der Waals surface area contributed by atoms with Gasteiger partial charge in [0.1, 0.15) is 5.76 Å². The summed E-state index contributed by atoms with van der Waals surface area (Å²) in [4.78, 5) is 4.33. The molecule has 0 saturated carbocycles. The molecule has 90 valence electrons. The second kappa shape index (κ2) is 4.75. The number of furan rings is 1. The Hall–Kier alpha value is -2.56. The number of nitrogens with one attached hydrogen (secondary N) is 1. The maximum atomic E-state index is 5.24. The SMILES string of the molecule is c1coc(CNc2ccc(-n3cccn3)nc2)c1. The summed E-state index contributed by atoms with van der Waals surface area (Å²) in [7, 11) is 0. The number of anilines is 1. The van der Waals surface area contributed by atoms with Crippen molar-refractivity contribution in [2.24, 2.45) is 0 Å². The van der Waals surface area contributed by atoms with Crippen LogP contribution in [0.4, 0.5) is 5.69 Å².